The van der Waals surface area contributed by atoms with Crippen molar-refractivity contribution in [2.75, 3.05) is 44.3 Å². The summed E-state index contributed by atoms with van der Waals surface area (Å²) >= 11 is 0. The van der Waals surface area contributed by atoms with Crippen LogP contribution in [0.4, 0.5) is 5.69 Å². The number of aliphatic hydroxyl groups is 1. The minimum absolute atomic E-state index is 0.127. The van der Waals surface area contributed by atoms with E-state index in [2.05, 4.69) is 9.62 Å². The number of fused-ring (bicyclic) bond motifs is 1. The second kappa shape index (κ2) is 15.5. The van der Waals surface area contributed by atoms with Crippen LogP contribution in [0.5, 0.6) is 5.75 Å². The number of nitrogens with one attached hydrogen (secondary N) is 1. The molecule has 0 aromatic heterocycles. The van der Waals surface area contributed by atoms with Gasteiger partial charge in [0.15, 0.2) is 0 Å². The van der Waals surface area contributed by atoms with Crippen molar-refractivity contribution in [2.45, 2.75) is 64.8 Å². The Kier molecular flexibility index (Phi) is 12.4. The predicted octanol–water partition coefficient (Wildman–Crippen LogP) is 3.68. The van der Waals surface area contributed by atoms with Crippen molar-refractivity contribution < 1.29 is 37.7 Å². The summed E-state index contributed by atoms with van der Waals surface area (Å²) in [6.07, 6.45) is 3.04. The molecule has 0 fully saturated rings. The summed E-state index contributed by atoms with van der Waals surface area (Å²) in [7, 11) is -1.61. The summed E-state index contributed by atoms with van der Waals surface area (Å²) in [5.74, 6) is -1.11. The summed E-state index contributed by atoms with van der Waals surface area (Å²) in [5, 5.41) is 19.3. The fraction of sp³-hybridized carbons (Fsp3) is 0.548. The van der Waals surface area contributed by atoms with E-state index in [1.807, 2.05) is 20.9 Å². The van der Waals surface area contributed by atoms with Crippen LogP contribution in [0.2, 0.25) is 0 Å². The van der Waals surface area contributed by atoms with E-state index in [-0.39, 0.29) is 54.0 Å². The molecule has 2 aromatic rings. The van der Waals surface area contributed by atoms with Gasteiger partial charge in [0.2, 0.25) is 10.0 Å². The van der Waals surface area contributed by atoms with E-state index < -0.39 is 22.0 Å². The molecule has 4 atom stereocenters. The maximum absolute atomic E-state index is 14.1. The van der Waals surface area contributed by atoms with Gasteiger partial charge >= 0.3 is 5.97 Å². The van der Waals surface area contributed by atoms with Crippen LogP contribution in [0.25, 0.3) is 0 Å². The summed E-state index contributed by atoms with van der Waals surface area (Å²) < 4.78 is 38.8. The van der Waals surface area contributed by atoms with Crippen LogP contribution in [0, 0.1) is 5.92 Å². The molecular formula is C31H45N3O8S. The zero-order valence-electron chi connectivity index (χ0n) is 25.7. The van der Waals surface area contributed by atoms with Crippen molar-refractivity contribution >= 4 is 27.6 Å². The van der Waals surface area contributed by atoms with Gasteiger partial charge in [0.1, 0.15) is 5.75 Å². The highest BCUT2D eigenvalue weighted by molar-refractivity contribution is 7.92. The number of amides is 1. The number of likely N-dealkylation sites (N-methyl/N-ethyl adjacent to an activating group) is 1. The molecule has 2 aromatic carbocycles. The zero-order valence-corrected chi connectivity index (χ0v) is 26.5. The van der Waals surface area contributed by atoms with Gasteiger partial charge in [-0.25, -0.2) is 13.2 Å². The lowest BCUT2D eigenvalue weighted by Crippen LogP contribution is -2.47. The van der Waals surface area contributed by atoms with E-state index in [0.717, 1.165) is 31.1 Å². The van der Waals surface area contributed by atoms with Gasteiger partial charge in [-0.2, -0.15) is 0 Å². The van der Waals surface area contributed by atoms with E-state index in [0.29, 0.717) is 25.4 Å². The molecule has 0 radical (unpaired) electrons. The number of sulfonamides is 1. The third-order valence-electron chi connectivity index (χ3n) is 7.50. The van der Waals surface area contributed by atoms with Gasteiger partial charge in [-0.3, -0.25) is 14.4 Å². The van der Waals surface area contributed by atoms with Gasteiger partial charge < -0.3 is 24.6 Å². The minimum atomic E-state index is -3.57. The normalized spacial score (nSPS) is 21.4. The summed E-state index contributed by atoms with van der Waals surface area (Å²) in [6, 6.07) is 10.9. The Labute approximate surface area is 254 Å². The maximum atomic E-state index is 14.1. The number of carboxylic acids is 1. The first-order chi connectivity index (χ1) is 20.3. The molecule has 238 valence electrons. The van der Waals surface area contributed by atoms with Crippen molar-refractivity contribution in [1.82, 2.24) is 9.80 Å². The zero-order chi connectivity index (χ0) is 31.7. The number of aliphatic hydroxyl groups excluding tert-OH is 1. The number of carbonyl (C=O) groups is 2. The molecule has 1 heterocycles. The van der Waals surface area contributed by atoms with Crippen LogP contribution >= 0.6 is 0 Å². The molecule has 11 nitrogen and oxygen atoms in total. The summed E-state index contributed by atoms with van der Waals surface area (Å²) in [6.45, 7) is 7.42. The molecule has 0 aliphatic carbocycles. The molecule has 1 aliphatic rings. The van der Waals surface area contributed by atoms with Gasteiger partial charge in [-0.05, 0) is 76.1 Å². The van der Waals surface area contributed by atoms with E-state index in [4.69, 9.17) is 9.47 Å². The highest BCUT2D eigenvalue weighted by Crippen LogP contribution is 2.29. The summed E-state index contributed by atoms with van der Waals surface area (Å²) in [5.41, 5.74) is 1.66. The van der Waals surface area contributed by atoms with Gasteiger partial charge in [-0.15, -0.1) is 0 Å². The van der Waals surface area contributed by atoms with E-state index in [1.54, 1.807) is 48.2 Å². The van der Waals surface area contributed by atoms with Crippen molar-refractivity contribution in [3.05, 3.63) is 59.2 Å². The Morgan fingerprint density at radius 3 is 2.49 bits per heavy atom. The van der Waals surface area contributed by atoms with Gasteiger partial charge in [0, 0.05) is 37.8 Å². The number of carboxylic acid groups (broad SMARTS) is 1. The van der Waals surface area contributed by atoms with Crippen molar-refractivity contribution in [3.63, 3.8) is 0 Å². The fourth-order valence-corrected chi connectivity index (χ4v) is 5.65. The molecule has 0 spiro atoms. The largest absolute Gasteiger partial charge is 0.490 e. The van der Waals surface area contributed by atoms with Crippen LogP contribution < -0.4 is 9.46 Å². The van der Waals surface area contributed by atoms with Gasteiger partial charge in [0.05, 0.1) is 42.2 Å². The minimum Gasteiger partial charge on any atom is -0.490 e. The lowest BCUT2D eigenvalue weighted by molar-refractivity contribution is -0.0177. The molecule has 3 N–H and O–H groups in total. The Bertz CT molecular complexity index is 1340. The monoisotopic (exact) mass is 619 g/mol. The van der Waals surface area contributed by atoms with E-state index in [9.17, 15) is 28.2 Å². The fourth-order valence-electron chi connectivity index (χ4n) is 5.10. The van der Waals surface area contributed by atoms with E-state index >= 15 is 0 Å². The molecule has 1 amide bonds. The number of carbonyl (C=O) groups excluding carboxylic acids is 1. The highest BCUT2D eigenvalue weighted by atomic mass is 32.2. The second-order valence-electron chi connectivity index (χ2n) is 11.6. The lowest BCUT2D eigenvalue weighted by atomic mass is 10.0. The molecule has 0 saturated carbocycles. The number of rotatable bonds is 9. The van der Waals surface area contributed by atoms with Crippen molar-refractivity contribution in [3.8, 4) is 5.75 Å². The Hall–Kier alpha value is -3.19. The van der Waals surface area contributed by atoms with Crippen molar-refractivity contribution in [2.24, 2.45) is 5.92 Å². The molecule has 3 rings (SSSR count). The first-order valence-corrected chi connectivity index (χ1v) is 16.5. The van der Waals surface area contributed by atoms with Gasteiger partial charge in [0.25, 0.3) is 5.91 Å². The van der Waals surface area contributed by atoms with E-state index in [1.165, 1.54) is 6.07 Å². The van der Waals surface area contributed by atoms with Crippen LogP contribution in [-0.4, -0.2) is 98.2 Å². The maximum Gasteiger partial charge on any atom is 0.335 e. The molecular weight excluding hydrogens is 574 g/mol. The second-order valence-corrected chi connectivity index (χ2v) is 13.3. The topological polar surface area (TPSA) is 146 Å². The molecule has 0 saturated heterocycles. The molecule has 0 unspecified atom stereocenters. The SMILES string of the molecule is C[C@H]1CCCCO[C@@H](CN(C)Cc2ccc(C(=O)O)cc2)[C@@H](C)CN([C@@H](C)CO)C(=O)c2cc(NS(C)(=O)=O)ccc2O1. The third kappa shape index (κ3) is 10.5. The lowest BCUT2D eigenvalue weighted by Gasteiger charge is -2.36. The van der Waals surface area contributed by atoms with Crippen LogP contribution in [-0.2, 0) is 21.3 Å². The molecule has 1 aliphatic heterocycles. The number of nitrogens with zero attached hydrogens (tertiary/aromatic N) is 2. The number of ether oxygens (including phenoxy) is 2. The Balaban J connectivity index is 1.89. The number of hydrogen-bond donors (Lipinski definition) is 3. The average molecular weight is 620 g/mol. The van der Waals surface area contributed by atoms with Crippen LogP contribution in [0.3, 0.4) is 0 Å². The number of anilines is 1. The van der Waals surface area contributed by atoms with Crippen LogP contribution in [0.15, 0.2) is 42.5 Å². The number of benzene rings is 2. The summed E-state index contributed by atoms with van der Waals surface area (Å²) in [4.78, 5) is 29.0. The number of aromatic carboxylic acids is 1. The third-order valence-corrected chi connectivity index (χ3v) is 8.11. The standard InChI is InChI=1S/C31H45N3O8S/c1-21-17-34(22(2)20-35)30(36)27-16-26(32-43(5,39)40)13-14-28(27)42-23(3)8-6-7-15-41-29(21)19-33(4)18-24-9-11-25(12-10-24)31(37)38/h9-14,16,21-23,29,32,35H,6-8,15,17-20H2,1-5H3,(H,37,38)/t21-,22-,23-,29-/m0/s1. The Morgan fingerprint density at radius 2 is 1.86 bits per heavy atom. The smallest absolute Gasteiger partial charge is 0.335 e. The first kappa shape index (κ1) is 34.3. The molecule has 12 heteroatoms. The quantitative estimate of drug-likeness (QED) is 0.383. The molecule has 0 bridgehead atoms. The van der Waals surface area contributed by atoms with Gasteiger partial charge in [-0.1, -0.05) is 19.1 Å². The van der Waals surface area contributed by atoms with Crippen LogP contribution in [0.1, 0.15) is 66.3 Å². The van der Waals surface area contributed by atoms with Crippen molar-refractivity contribution in [1.29, 1.82) is 0 Å². The first-order valence-electron chi connectivity index (χ1n) is 14.6. The average Bonchev–Trinajstić information content (AvgIpc) is 2.94. The Morgan fingerprint density at radius 1 is 1.16 bits per heavy atom. The number of hydrogen-bond acceptors (Lipinski definition) is 8. The highest BCUT2D eigenvalue weighted by Gasteiger charge is 2.30. The molecule has 43 heavy (non-hydrogen) atoms. The predicted molar refractivity (Wildman–Crippen MR) is 165 cm³/mol.